The van der Waals surface area contributed by atoms with Gasteiger partial charge in [-0.05, 0) is 35.6 Å². The Bertz CT molecular complexity index is 800. The molecule has 0 aromatic heterocycles. The lowest BCUT2D eigenvalue weighted by Gasteiger charge is -2.10. The second-order valence-corrected chi connectivity index (χ2v) is 8.15. The number of benzene rings is 2. The maximum Gasteiger partial charge on any atom is 0.251 e. The van der Waals surface area contributed by atoms with Crippen molar-refractivity contribution in [1.82, 2.24) is 5.32 Å². The molecule has 0 saturated carbocycles. The molecule has 120 valence electrons. The second kappa shape index (κ2) is 6.54. The molecule has 3 rings (SSSR count). The maximum atomic E-state index is 12.3. The van der Waals surface area contributed by atoms with E-state index in [2.05, 4.69) is 5.32 Å². The summed E-state index contributed by atoms with van der Waals surface area (Å²) < 4.78 is 22.9. The molecule has 1 aliphatic heterocycles. The monoisotopic (exact) mass is 329 g/mol. The van der Waals surface area contributed by atoms with Gasteiger partial charge in [0.15, 0.2) is 9.84 Å². The third-order valence-electron chi connectivity index (χ3n) is 4.11. The molecule has 2 aromatic rings. The first-order valence-electron chi connectivity index (χ1n) is 7.68. The van der Waals surface area contributed by atoms with Crippen LogP contribution < -0.4 is 5.32 Å². The molecule has 0 aliphatic carbocycles. The van der Waals surface area contributed by atoms with Crippen molar-refractivity contribution in [3.63, 3.8) is 0 Å². The number of nitrogens with one attached hydrogen (secondary N) is 1. The summed E-state index contributed by atoms with van der Waals surface area (Å²) in [6.07, 6.45) is 0.632. The third kappa shape index (κ3) is 3.99. The van der Waals surface area contributed by atoms with Gasteiger partial charge in [0, 0.05) is 12.1 Å². The van der Waals surface area contributed by atoms with E-state index < -0.39 is 9.84 Å². The number of rotatable bonds is 4. The lowest BCUT2D eigenvalue weighted by Crippen LogP contribution is -2.29. The highest BCUT2D eigenvalue weighted by atomic mass is 32.2. The summed E-state index contributed by atoms with van der Waals surface area (Å²) in [7, 11) is -2.90. The molecule has 1 heterocycles. The number of hydrogen-bond donors (Lipinski definition) is 1. The molecule has 1 unspecified atom stereocenters. The summed E-state index contributed by atoms with van der Waals surface area (Å²) >= 11 is 0. The third-order valence-corrected chi connectivity index (χ3v) is 5.95. The topological polar surface area (TPSA) is 63.2 Å². The van der Waals surface area contributed by atoms with Crippen molar-refractivity contribution in [2.75, 3.05) is 18.1 Å². The molecule has 1 saturated heterocycles. The van der Waals surface area contributed by atoms with E-state index in [9.17, 15) is 13.2 Å². The van der Waals surface area contributed by atoms with Crippen LogP contribution in [0.25, 0.3) is 11.1 Å². The van der Waals surface area contributed by atoms with E-state index in [1.165, 1.54) is 0 Å². The zero-order valence-corrected chi connectivity index (χ0v) is 13.6. The minimum atomic E-state index is -2.90. The van der Waals surface area contributed by atoms with E-state index in [-0.39, 0.29) is 23.3 Å². The summed E-state index contributed by atoms with van der Waals surface area (Å²) in [5.74, 6) is 0.280. The first-order chi connectivity index (χ1) is 11.0. The Morgan fingerprint density at radius 3 is 2.48 bits per heavy atom. The van der Waals surface area contributed by atoms with Crippen LogP contribution in [0.2, 0.25) is 0 Å². The lowest BCUT2D eigenvalue weighted by molar-refractivity contribution is 0.0948. The van der Waals surface area contributed by atoms with E-state index in [0.717, 1.165) is 11.1 Å². The van der Waals surface area contributed by atoms with Gasteiger partial charge >= 0.3 is 0 Å². The molecule has 1 aliphatic rings. The van der Waals surface area contributed by atoms with Gasteiger partial charge in [0.25, 0.3) is 5.91 Å². The van der Waals surface area contributed by atoms with Crippen LogP contribution >= 0.6 is 0 Å². The van der Waals surface area contributed by atoms with Gasteiger partial charge in [-0.3, -0.25) is 4.79 Å². The minimum Gasteiger partial charge on any atom is -0.352 e. The quantitative estimate of drug-likeness (QED) is 0.937. The summed E-state index contributed by atoms with van der Waals surface area (Å²) in [6.45, 7) is 0.410. The molecule has 4 nitrogen and oxygen atoms in total. The molecule has 1 fully saturated rings. The molecular weight excluding hydrogens is 310 g/mol. The summed E-state index contributed by atoms with van der Waals surface area (Å²) in [6, 6.07) is 17.3. The maximum absolute atomic E-state index is 12.3. The van der Waals surface area contributed by atoms with Gasteiger partial charge in [0.05, 0.1) is 11.5 Å². The molecule has 5 heteroatoms. The highest BCUT2D eigenvalue weighted by Crippen LogP contribution is 2.20. The predicted molar refractivity (Wildman–Crippen MR) is 91.0 cm³/mol. The van der Waals surface area contributed by atoms with Gasteiger partial charge in [-0.2, -0.15) is 0 Å². The second-order valence-electron chi connectivity index (χ2n) is 5.93. The van der Waals surface area contributed by atoms with Crippen LogP contribution in [0.1, 0.15) is 16.8 Å². The fourth-order valence-electron chi connectivity index (χ4n) is 2.84. The molecule has 1 atom stereocenters. The van der Waals surface area contributed by atoms with E-state index in [1.54, 1.807) is 6.07 Å². The molecule has 1 N–H and O–H groups in total. The highest BCUT2D eigenvalue weighted by Gasteiger charge is 2.27. The van der Waals surface area contributed by atoms with Gasteiger partial charge in [-0.25, -0.2) is 8.42 Å². The Balaban J connectivity index is 1.66. The first kappa shape index (κ1) is 15.7. The summed E-state index contributed by atoms with van der Waals surface area (Å²) in [5.41, 5.74) is 2.64. The van der Waals surface area contributed by atoms with Gasteiger partial charge in [0.2, 0.25) is 0 Å². The van der Waals surface area contributed by atoms with Crippen molar-refractivity contribution in [1.29, 1.82) is 0 Å². The van der Waals surface area contributed by atoms with Crippen molar-refractivity contribution in [3.8, 4) is 11.1 Å². The van der Waals surface area contributed by atoms with Crippen molar-refractivity contribution in [2.24, 2.45) is 5.92 Å². The van der Waals surface area contributed by atoms with E-state index in [4.69, 9.17) is 0 Å². The largest absolute Gasteiger partial charge is 0.352 e. The van der Waals surface area contributed by atoms with Crippen LogP contribution in [-0.4, -0.2) is 32.4 Å². The smallest absolute Gasteiger partial charge is 0.251 e. The van der Waals surface area contributed by atoms with Crippen LogP contribution in [0.5, 0.6) is 0 Å². The normalized spacial score (nSPS) is 19.4. The van der Waals surface area contributed by atoms with Crippen molar-refractivity contribution >= 4 is 15.7 Å². The van der Waals surface area contributed by atoms with Crippen molar-refractivity contribution < 1.29 is 13.2 Å². The Morgan fingerprint density at radius 1 is 1.04 bits per heavy atom. The molecule has 0 spiro atoms. The van der Waals surface area contributed by atoms with Crippen LogP contribution in [0.15, 0.2) is 54.6 Å². The van der Waals surface area contributed by atoms with E-state index >= 15 is 0 Å². The number of amides is 1. The Kier molecular flexibility index (Phi) is 4.48. The average molecular weight is 329 g/mol. The zero-order valence-electron chi connectivity index (χ0n) is 12.7. The average Bonchev–Trinajstić information content (AvgIpc) is 2.93. The fraction of sp³-hybridized carbons (Fsp3) is 0.278. The van der Waals surface area contributed by atoms with Gasteiger partial charge in [-0.15, -0.1) is 0 Å². The summed E-state index contributed by atoms with van der Waals surface area (Å²) in [5, 5.41) is 2.85. The standard InChI is InChI=1S/C18H19NO3S/c20-18(19-12-14-9-10-23(21,22)13-14)17-8-4-7-16(11-17)15-5-2-1-3-6-15/h1-8,11,14H,9-10,12-13H2,(H,19,20). The van der Waals surface area contributed by atoms with Gasteiger partial charge in [0.1, 0.15) is 0 Å². The van der Waals surface area contributed by atoms with E-state index in [0.29, 0.717) is 18.5 Å². The van der Waals surface area contributed by atoms with Crippen LogP contribution in [0, 0.1) is 5.92 Å². The van der Waals surface area contributed by atoms with Crippen LogP contribution in [-0.2, 0) is 9.84 Å². The Hall–Kier alpha value is -2.14. The molecule has 1 amide bonds. The van der Waals surface area contributed by atoms with Crippen LogP contribution in [0.4, 0.5) is 0 Å². The van der Waals surface area contributed by atoms with Gasteiger partial charge in [-0.1, -0.05) is 42.5 Å². The first-order valence-corrected chi connectivity index (χ1v) is 9.50. The van der Waals surface area contributed by atoms with E-state index in [1.807, 2.05) is 48.5 Å². The minimum absolute atomic E-state index is 0.0289. The number of carbonyl (C=O) groups is 1. The SMILES string of the molecule is O=C(NCC1CCS(=O)(=O)C1)c1cccc(-c2ccccc2)c1. The van der Waals surface area contributed by atoms with Crippen molar-refractivity contribution in [3.05, 3.63) is 60.2 Å². The molecule has 0 radical (unpaired) electrons. The summed E-state index contributed by atoms with van der Waals surface area (Å²) in [4.78, 5) is 12.3. The Labute approximate surface area is 136 Å². The number of hydrogen-bond acceptors (Lipinski definition) is 3. The number of carbonyl (C=O) groups excluding carboxylic acids is 1. The molecule has 2 aromatic carbocycles. The molecule has 23 heavy (non-hydrogen) atoms. The molecule has 0 bridgehead atoms. The predicted octanol–water partition coefficient (Wildman–Crippen LogP) is 2.52. The molecular formula is C18H19NO3S. The van der Waals surface area contributed by atoms with Gasteiger partial charge < -0.3 is 5.32 Å². The Morgan fingerprint density at radius 2 is 1.78 bits per heavy atom. The van der Waals surface area contributed by atoms with Crippen LogP contribution in [0.3, 0.4) is 0 Å². The zero-order chi connectivity index (χ0) is 16.3. The highest BCUT2D eigenvalue weighted by molar-refractivity contribution is 7.91. The lowest BCUT2D eigenvalue weighted by atomic mass is 10.0. The fourth-order valence-corrected chi connectivity index (χ4v) is 4.70. The van der Waals surface area contributed by atoms with Crippen molar-refractivity contribution in [2.45, 2.75) is 6.42 Å². The number of sulfone groups is 1.